The molecule has 2 aromatic rings. The molecule has 0 aromatic heterocycles. The first-order valence-corrected chi connectivity index (χ1v) is 6.60. The van der Waals surface area contributed by atoms with E-state index in [-0.39, 0.29) is 10.6 Å². The fraction of sp³-hybridized carbons (Fsp3) is 0. The fourth-order valence-electron chi connectivity index (χ4n) is 1.41. The van der Waals surface area contributed by atoms with Crippen molar-refractivity contribution in [2.24, 2.45) is 5.14 Å². The summed E-state index contributed by atoms with van der Waals surface area (Å²) in [6.07, 6.45) is 0. The minimum Gasteiger partial charge on any atom is -0.507 e. The molecule has 2 aromatic carbocycles. The van der Waals surface area contributed by atoms with Crippen LogP contribution in [0.4, 0.5) is 0 Å². The highest BCUT2D eigenvalue weighted by Crippen LogP contribution is 2.29. The van der Waals surface area contributed by atoms with Crippen LogP contribution >= 0.6 is 0 Å². The van der Waals surface area contributed by atoms with Gasteiger partial charge in [0.05, 0.1) is 0 Å². The Morgan fingerprint density at radius 2 is 1.67 bits per heavy atom. The van der Waals surface area contributed by atoms with Crippen LogP contribution in [0.5, 0.6) is 17.2 Å². The molecule has 0 aliphatic carbocycles. The number of phenols is 1. The molecule has 0 amide bonds. The van der Waals surface area contributed by atoms with Gasteiger partial charge in [0, 0.05) is 6.07 Å². The summed E-state index contributed by atoms with van der Waals surface area (Å²) in [6, 6.07) is 12.7. The molecule has 0 aliphatic rings. The number of hydrogen-bond acceptors (Lipinski definition) is 4. The van der Waals surface area contributed by atoms with Gasteiger partial charge in [0.1, 0.15) is 22.1 Å². The highest BCUT2D eigenvalue weighted by Gasteiger charge is 2.15. The number of para-hydroxylation sites is 1. The standard InChI is InChI=1S/C12H11NO4S/c13-18(15,16)12-8-10(6-7-11(12)14)17-9-4-2-1-3-5-9/h1-8,14H,(H2,13,15,16). The number of sulfonamides is 1. The maximum absolute atomic E-state index is 11.2. The first-order chi connectivity index (χ1) is 8.47. The van der Waals surface area contributed by atoms with Crippen molar-refractivity contribution in [2.75, 3.05) is 0 Å². The Hall–Kier alpha value is -2.05. The van der Waals surface area contributed by atoms with Gasteiger partial charge < -0.3 is 9.84 Å². The van der Waals surface area contributed by atoms with E-state index in [0.29, 0.717) is 5.75 Å². The maximum Gasteiger partial charge on any atom is 0.241 e. The number of phenolic OH excluding ortho intramolecular Hbond substituents is 1. The van der Waals surface area contributed by atoms with Crippen molar-refractivity contribution in [3.8, 4) is 17.2 Å². The van der Waals surface area contributed by atoms with Crippen LogP contribution in [0, 0.1) is 0 Å². The van der Waals surface area contributed by atoms with Gasteiger partial charge in [-0.3, -0.25) is 0 Å². The average molecular weight is 265 g/mol. The van der Waals surface area contributed by atoms with E-state index in [4.69, 9.17) is 9.88 Å². The largest absolute Gasteiger partial charge is 0.507 e. The number of benzene rings is 2. The summed E-state index contributed by atoms with van der Waals surface area (Å²) in [6.45, 7) is 0. The van der Waals surface area contributed by atoms with E-state index in [1.54, 1.807) is 24.3 Å². The van der Waals surface area contributed by atoms with Crippen LogP contribution < -0.4 is 9.88 Å². The van der Waals surface area contributed by atoms with Gasteiger partial charge in [-0.15, -0.1) is 0 Å². The molecular weight excluding hydrogens is 254 g/mol. The van der Waals surface area contributed by atoms with Crippen LogP contribution in [0.15, 0.2) is 53.4 Å². The van der Waals surface area contributed by atoms with E-state index in [1.165, 1.54) is 18.2 Å². The summed E-state index contributed by atoms with van der Waals surface area (Å²) < 4.78 is 27.9. The second-order valence-corrected chi connectivity index (χ2v) is 5.12. The quantitative estimate of drug-likeness (QED) is 0.886. The second kappa shape index (κ2) is 4.67. The molecule has 0 heterocycles. The third kappa shape index (κ3) is 2.79. The third-order valence-electron chi connectivity index (χ3n) is 2.22. The fourth-order valence-corrected chi connectivity index (χ4v) is 2.05. The van der Waals surface area contributed by atoms with Crippen molar-refractivity contribution < 1.29 is 18.3 Å². The zero-order valence-electron chi connectivity index (χ0n) is 9.28. The Morgan fingerprint density at radius 3 is 2.28 bits per heavy atom. The molecule has 6 heteroatoms. The molecule has 2 rings (SSSR count). The number of primary sulfonamides is 1. The lowest BCUT2D eigenvalue weighted by Gasteiger charge is -2.08. The zero-order valence-corrected chi connectivity index (χ0v) is 10.1. The summed E-state index contributed by atoms with van der Waals surface area (Å²) in [4.78, 5) is -0.365. The number of rotatable bonds is 3. The Bertz CT molecular complexity index is 653. The molecule has 0 aliphatic heterocycles. The molecule has 0 saturated heterocycles. The van der Waals surface area contributed by atoms with Crippen LogP contribution in [0.1, 0.15) is 0 Å². The minimum absolute atomic E-state index is 0.281. The molecule has 0 fully saturated rings. The van der Waals surface area contributed by atoms with Gasteiger partial charge >= 0.3 is 0 Å². The summed E-state index contributed by atoms with van der Waals surface area (Å²) in [5.41, 5.74) is 0. The van der Waals surface area contributed by atoms with E-state index in [0.717, 1.165) is 0 Å². The monoisotopic (exact) mass is 265 g/mol. The summed E-state index contributed by atoms with van der Waals surface area (Å²) in [5, 5.41) is 14.4. The van der Waals surface area contributed by atoms with E-state index in [2.05, 4.69) is 0 Å². The Morgan fingerprint density at radius 1 is 1.00 bits per heavy atom. The molecule has 94 valence electrons. The molecule has 5 nitrogen and oxygen atoms in total. The molecule has 0 bridgehead atoms. The lowest BCUT2D eigenvalue weighted by atomic mass is 10.3. The van der Waals surface area contributed by atoms with Gasteiger partial charge in [0.2, 0.25) is 10.0 Å². The molecule has 0 atom stereocenters. The second-order valence-electron chi connectivity index (χ2n) is 3.59. The van der Waals surface area contributed by atoms with Crippen LogP contribution in [0.2, 0.25) is 0 Å². The SMILES string of the molecule is NS(=O)(=O)c1cc(Oc2ccccc2)ccc1O. The first-order valence-electron chi connectivity index (χ1n) is 5.05. The van der Waals surface area contributed by atoms with Crippen molar-refractivity contribution in [1.82, 2.24) is 0 Å². The lowest BCUT2D eigenvalue weighted by Crippen LogP contribution is -2.12. The van der Waals surface area contributed by atoms with Gasteiger partial charge in [-0.2, -0.15) is 0 Å². The molecular formula is C12H11NO4S. The number of aromatic hydroxyl groups is 1. The number of hydrogen-bond donors (Lipinski definition) is 2. The van der Waals surface area contributed by atoms with Gasteiger partial charge in [0.25, 0.3) is 0 Å². The highest BCUT2D eigenvalue weighted by atomic mass is 32.2. The summed E-state index contributed by atoms with van der Waals surface area (Å²) in [7, 11) is -3.98. The van der Waals surface area contributed by atoms with Crippen LogP contribution in [0.25, 0.3) is 0 Å². The van der Waals surface area contributed by atoms with Crippen LogP contribution in [-0.4, -0.2) is 13.5 Å². The van der Waals surface area contributed by atoms with Gasteiger partial charge in [-0.1, -0.05) is 18.2 Å². The Balaban J connectivity index is 2.37. The summed E-state index contributed by atoms with van der Waals surface area (Å²) in [5.74, 6) is 0.435. The predicted octanol–water partition coefficient (Wildman–Crippen LogP) is 1.83. The van der Waals surface area contributed by atoms with E-state index in [9.17, 15) is 13.5 Å². The number of nitrogens with two attached hydrogens (primary N) is 1. The average Bonchev–Trinajstić information content (AvgIpc) is 2.31. The Kier molecular flexibility index (Phi) is 3.22. The molecule has 0 unspecified atom stereocenters. The molecule has 3 N–H and O–H groups in total. The van der Waals surface area contributed by atoms with E-state index in [1.807, 2.05) is 6.07 Å². The van der Waals surface area contributed by atoms with E-state index < -0.39 is 15.8 Å². The summed E-state index contributed by atoms with van der Waals surface area (Å²) >= 11 is 0. The normalized spacial score (nSPS) is 11.2. The van der Waals surface area contributed by atoms with Gasteiger partial charge in [-0.25, -0.2) is 13.6 Å². The number of ether oxygens (including phenoxy) is 1. The zero-order chi connectivity index (χ0) is 13.2. The highest BCUT2D eigenvalue weighted by molar-refractivity contribution is 7.89. The van der Waals surface area contributed by atoms with Crippen molar-refractivity contribution >= 4 is 10.0 Å². The minimum atomic E-state index is -3.98. The third-order valence-corrected chi connectivity index (χ3v) is 3.16. The van der Waals surface area contributed by atoms with Crippen molar-refractivity contribution in [2.45, 2.75) is 4.90 Å². The van der Waals surface area contributed by atoms with Crippen molar-refractivity contribution in [3.05, 3.63) is 48.5 Å². The van der Waals surface area contributed by atoms with Gasteiger partial charge in [-0.05, 0) is 24.3 Å². The smallest absolute Gasteiger partial charge is 0.241 e. The van der Waals surface area contributed by atoms with Gasteiger partial charge in [0.15, 0.2) is 0 Å². The molecule has 0 saturated carbocycles. The maximum atomic E-state index is 11.2. The van der Waals surface area contributed by atoms with Crippen molar-refractivity contribution in [3.63, 3.8) is 0 Å². The molecule has 0 radical (unpaired) electrons. The lowest BCUT2D eigenvalue weighted by molar-refractivity contribution is 0.448. The molecule has 0 spiro atoms. The van der Waals surface area contributed by atoms with Crippen molar-refractivity contribution in [1.29, 1.82) is 0 Å². The Labute approximate surface area is 104 Å². The topological polar surface area (TPSA) is 89.6 Å². The van der Waals surface area contributed by atoms with Crippen LogP contribution in [0.3, 0.4) is 0 Å². The predicted molar refractivity (Wildman–Crippen MR) is 66.0 cm³/mol. The van der Waals surface area contributed by atoms with Crippen LogP contribution in [-0.2, 0) is 10.0 Å². The van der Waals surface area contributed by atoms with E-state index >= 15 is 0 Å². The molecule has 18 heavy (non-hydrogen) atoms. The first kappa shape index (κ1) is 12.4.